The molecule has 1 aromatic carbocycles. The Balaban J connectivity index is 1.54. The lowest BCUT2D eigenvalue weighted by molar-refractivity contribution is -0.383. The van der Waals surface area contributed by atoms with Crippen LogP contribution < -0.4 is 5.32 Å². The minimum absolute atomic E-state index is 0.0167. The van der Waals surface area contributed by atoms with Crippen LogP contribution in [0.5, 0.6) is 0 Å². The monoisotopic (exact) mass is 370 g/mol. The van der Waals surface area contributed by atoms with Crippen molar-refractivity contribution in [1.29, 1.82) is 0 Å². The van der Waals surface area contributed by atoms with E-state index in [1.165, 1.54) is 24.3 Å². The summed E-state index contributed by atoms with van der Waals surface area (Å²) < 4.78 is 11.9. The Hall–Kier alpha value is -3.95. The maximum Gasteiger partial charge on any atom is 0.374 e. The van der Waals surface area contributed by atoms with Crippen molar-refractivity contribution in [3.05, 3.63) is 76.5 Å². The topological polar surface area (TPSA) is 130 Å². The van der Waals surface area contributed by atoms with Gasteiger partial charge in [-0.15, -0.1) is 0 Å². The van der Waals surface area contributed by atoms with Gasteiger partial charge in [0.2, 0.25) is 5.76 Å². The van der Waals surface area contributed by atoms with E-state index < -0.39 is 23.4 Å². The third kappa shape index (κ3) is 4.57. The molecule has 0 radical (unpaired) electrons. The number of carbonyl (C=O) groups excluding carboxylic acids is 2. The lowest BCUT2D eigenvalue weighted by Gasteiger charge is -2.06. The molecule has 0 fully saturated rings. The van der Waals surface area contributed by atoms with Crippen molar-refractivity contribution in [2.45, 2.75) is 6.54 Å². The number of aromatic nitrogens is 2. The van der Waals surface area contributed by atoms with Gasteiger partial charge >= 0.3 is 5.97 Å². The van der Waals surface area contributed by atoms with Gasteiger partial charge < -0.3 is 14.5 Å². The van der Waals surface area contributed by atoms with E-state index in [2.05, 4.69) is 10.4 Å². The average Bonchev–Trinajstić information content (AvgIpc) is 3.32. The van der Waals surface area contributed by atoms with Crippen molar-refractivity contribution >= 4 is 23.3 Å². The summed E-state index contributed by atoms with van der Waals surface area (Å²) in [5.74, 6) is -1.09. The number of nitro groups is 1. The van der Waals surface area contributed by atoms with Crippen LogP contribution >= 0.6 is 0 Å². The molecule has 1 N–H and O–H groups in total. The Morgan fingerprint density at radius 1 is 1.22 bits per heavy atom. The highest BCUT2D eigenvalue weighted by Gasteiger charge is 2.18. The summed E-state index contributed by atoms with van der Waals surface area (Å²) in [5.41, 5.74) is -0.241. The molecule has 0 unspecified atom stereocenters. The molecule has 0 atom stereocenters. The zero-order valence-corrected chi connectivity index (χ0v) is 13.9. The van der Waals surface area contributed by atoms with Gasteiger partial charge in [-0.3, -0.25) is 19.6 Å². The standard InChI is InChI=1S/C17H14N4O6/c22-16(19-13-4-1-2-5-14(13)21(24)25)11-26-17(23)15-7-6-12(27-15)10-20-9-3-8-18-20/h1-9H,10-11H2,(H,19,22). The SMILES string of the molecule is O=C(COC(=O)c1ccc(Cn2cccn2)o1)Nc1ccccc1[N+](=O)[O-]. The van der Waals surface area contributed by atoms with Crippen molar-refractivity contribution in [2.24, 2.45) is 0 Å². The fourth-order valence-corrected chi connectivity index (χ4v) is 2.25. The number of rotatable bonds is 7. The van der Waals surface area contributed by atoms with E-state index in [1.807, 2.05) is 0 Å². The number of furan rings is 1. The fourth-order valence-electron chi connectivity index (χ4n) is 2.25. The molecular formula is C17H14N4O6. The molecule has 2 aromatic heterocycles. The number of amides is 1. The maximum atomic E-state index is 12.0. The van der Waals surface area contributed by atoms with Gasteiger partial charge in [-0.25, -0.2) is 4.79 Å². The molecule has 2 heterocycles. The molecule has 3 rings (SSSR count). The van der Waals surface area contributed by atoms with E-state index in [4.69, 9.17) is 9.15 Å². The Morgan fingerprint density at radius 3 is 2.78 bits per heavy atom. The summed E-state index contributed by atoms with van der Waals surface area (Å²) >= 11 is 0. The summed E-state index contributed by atoms with van der Waals surface area (Å²) in [7, 11) is 0. The van der Waals surface area contributed by atoms with Crippen LogP contribution in [0.15, 0.2) is 59.3 Å². The first kappa shape index (κ1) is 17.9. The van der Waals surface area contributed by atoms with Gasteiger partial charge in [-0.05, 0) is 24.3 Å². The Kier molecular flexibility index (Phi) is 5.26. The fraction of sp³-hybridized carbons (Fsp3) is 0.118. The van der Waals surface area contributed by atoms with E-state index in [9.17, 15) is 19.7 Å². The van der Waals surface area contributed by atoms with Crippen LogP contribution in [0, 0.1) is 10.1 Å². The second kappa shape index (κ2) is 7.95. The second-order valence-electron chi connectivity index (χ2n) is 5.37. The maximum absolute atomic E-state index is 12.0. The number of para-hydroxylation sites is 2. The molecule has 1 amide bonds. The normalized spacial score (nSPS) is 10.4. The lowest BCUT2D eigenvalue weighted by Crippen LogP contribution is -2.21. The molecule has 0 aliphatic carbocycles. The number of nitrogens with one attached hydrogen (secondary N) is 1. The average molecular weight is 370 g/mol. The molecule has 10 nitrogen and oxygen atoms in total. The van der Waals surface area contributed by atoms with Crippen molar-refractivity contribution in [2.75, 3.05) is 11.9 Å². The van der Waals surface area contributed by atoms with Gasteiger partial charge in [-0.1, -0.05) is 12.1 Å². The third-order valence-electron chi connectivity index (χ3n) is 3.45. The van der Waals surface area contributed by atoms with Crippen LogP contribution in [0.2, 0.25) is 0 Å². The van der Waals surface area contributed by atoms with E-state index in [1.54, 1.807) is 35.3 Å². The predicted octanol–water partition coefficient (Wildman–Crippen LogP) is 2.23. The smallest absolute Gasteiger partial charge is 0.374 e. The molecule has 0 aliphatic rings. The number of nitro benzene ring substituents is 1. The van der Waals surface area contributed by atoms with Crippen LogP contribution in [-0.4, -0.2) is 33.2 Å². The first-order chi connectivity index (χ1) is 13.0. The van der Waals surface area contributed by atoms with Gasteiger partial charge in [0, 0.05) is 18.5 Å². The van der Waals surface area contributed by atoms with E-state index >= 15 is 0 Å². The highest BCUT2D eigenvalue weighted by Crippen LogP contribution is 2.23. The second-order valence-corrected chi connectivity index (χ2v) is 5.37. The number of nitrogens with zero attached hydrogens (tertiary/aromatic N) is 3. The Labute approximate surface area is 152 Å². The molecule has 3 aromatic rings. The molecule has 0 bridgehead atoms. The Morgan fingerprint density at radius 2 is 2.04 bits per heavy atom. The van der Waals surface area contributed by atoms with Crippen LogP contribution in [-0.2, 0) is 16.1 Å². The molecule has 0 spiro atoms. The highest BCUT2D eigenvalue weighted by atomic mass is 16.6. The third-order valence-corrected chi connectivity index (χ3v) is 3.45. The highest BCUT2D eigenvalue weighted by molar-refractivity contribution is 5.96. The zero-order chi connectivity index (χ0) is 19.2. The first-order valence-electron chi connectivity index (χ1n) is 7.79. The number of benzene rings is 1. The number of anilines is 1. The molecule has 138 valence electrons. The van der Waals surface area contributed by atoms with Gasteiger partial charge in [0.25, 0.3) is 11.6 Å². The lowest BCUT2D eigenvalue weighted by atomic mass is 10.2. The van der Waals surface area contributed by atoms with E-state index in [0.717, 1.165) is 0 Å². The number of ether oxygens (including phenoxy) is 1. The Bertz CT molecular complexity index is 963. The van der Waals surface area contributed by atoms with Crippen molar-refractivity contribution in [3.63, 3.8) is 0 Å². The zero-order valence-electron chi connectivity index (χ0n) is 13.9. The van der Waals surface area contributed by atoms with E-state index in [-0.39, 0.29) is 17.1 Å². The predicted molar refractivity (Wildman–Crippen MR) is 92.0 cm³/mol. The number of hydrogen-bond donors (Lipinski definition) is 1. The van der Waals surface area contributed by atoms with Gasteiger partial charge in [0.15, 0.2) is 6.61 Å². The van der Waals surface area contributed by atoms with Crippen molar-refractivity contribution in [3.8, 4) is 0 Å². The van der Waals surface area contributed by atoms with Gasteiger partial charge in [0.1, 0.15) is 11.4 Å². The van der Waals surface area contributed by atoms with Gasteiger partial charge in [-0.2, -0.15) is 5.10 Å². The first-order valence-corrected chi connectivity index (χ1v) is 7.79. The molecule has 0 aliphatic heterocycles. The van der Waals surface area contributed by atoms with E-state index in [0.29, 0.717) is 12.3 Å². The molecule has 0 saturated carbocycles. The number of carbonyl (C=O) groups is 2. The van der Waals surface area contributed by atoms with Crippen LogP contribution in [0.1, 0.15) is 16.3 Å². The van der Waals surface area contributed by atoms with Gasteiger partial charge in [0.05, 0.1) is 11.5 Å². The summed E-state index contributed by atoms with van der Waals surface area (Å²) in [6, 6.07) is 10.4. The molecule has 27 heavy (non-hydrogen) atoms. The minimum Gasteiger partial charge on any atom is -0.452 e. The minimum atomic E-state index is -0.820. The van der Waals surface area contributed by atoms with Crippen molar-refractivity contribution < 1.29 is 23.7 Å². The summed E-state index contributed by atoms with van der Waals surface area (Å²) in [6.07, 6.45) is 3.36. The molecule has 0 saturated heterocycles. The van der Waals surface area contributed by atoms with Crippen LogP contribution in [0.4, 0.5) is 11.4 Å². The number of esters is 1. The summed E-state index contributed by atoms with van der Waals surface area (Å²) in [4.78, 5) is 34.2. The number of hydrogen-bond acceptors (Lipinski definition) is 7. The molecule has 10 heteroatoms. The van der Waals surface area contributed by atoms with Crippen LogP contribution in [0.3, 0.4) is 0 Å². The molecular weight excluding hydrogens is 356 g/mol. The van der Waals surface area contributed by atoms with Crippen molar-refractivity contribution in [1.82, 2.24) is 9.78 Å². The summed E-state index contributed by atoms with van der Waals surface area (Å²) in [6.45, 7) is -0.265. The van der Waals surface area contributed by atoms with Crippen LogP contribution in [0.25, 0.3) is 0 Å². The summed E-state index contributed by atoms with van der Waals surface area (Å²) in [5, 5.41) is 17.3. The largest absolute Gasteiger partial charge is 0.452 e. The quantitative estimate of drug-likeness (QED) is 0.383.